The Morgan fingerprint density at radius 1 is 0.960 bits per heavy atom. The molecular formula is C19H20N2O4. The minimum absolute atomic E-state index is 0.0652. The normalized spacial score (nSPS) is 11.4. The van der Waals surface area contributed by atoms with E-state index in [4.69, 9.17) is 5.11 Å². The van der Waals surface area contributed by atoms with Crippen LogP contribution in [0.2, 0.25) is 0 Å². The Labute approximate surface area is 145 Å². The molecule has 6 heteroatoms. The van der Waals surface area contributed by atoms with Gasteiger partial charge in [-0.2, -0.15) is 0 Å². The Morgan fingerprint density at radius 3 is 2.12 bits per heavy atom. The van der Waals surface area contributed by atoms with Gasteiger partial charge in [-0.15, -0.1) is 0 Å². The summed E-state index contributed by atoms with van der Waals surface area (Å²) in [4.78, 5) is 35.5. The summed E-state index contributed by atoms with van der Waals surface area (Å²) in [5.41, 5.74) is 0.979. The van der Waals surface area contributed by atoms with Crippen LogP contribution in [-0.2, 0) is 0 Å². The van der Waals surface area contributed by atoms with E-state index in [1.807, 2.05) is 13.8 Å². The monoisotopic (exact) mass is 340 g/mol. The van der Waals surface area contributed by atoms with Crippen molar-refractivity contribution in [2.75, 3.05) is 5.32 Å². The van der Waals surface area contributed by atoms with Crippen molar-refractivity contribution in [2.45, 2.75) is 26.3 Å². The molecule has 0 aliphatic heterocycles. The molecule has 0 unspecified atom stereocenters. The van der Waals surface area contributed by atoms with Gasteiger partial charge in [0.1, 0.15) is 0 Å². The van der Waals surface area contributed by atoms with Gasteiger partial charge in [-0.3, -0.25) is 9.59 Å². The van der Waals surface area contributed by atoms with E-state index in [2.05, 4.69) is 10.6 Å². The number of nitrogens with one attached hydrogen (secondary N) is 2. The maximum absolute atomic E-state index is 12.3. The molecule has 0 saturated heterocycles. The number of hydrogen-bond donors (Lipinski definition) is 3. The van der Waals surface area contributed by atoms with E-state index in [1.165, 1.54) is 12.1 Å². The van der Waals surface area contributed by atoms with Crippen LogP contribution in [0.25, 0.3) is 0 Å². The molecule has 0 bridgehead atoms. The maximum Gasteiger partial charge on any atom is 0.336 e. The molecule has 0 spiro atoms. The molecule has 0 fully saturated rings. The smallest absolute Gasteiger partial charge is 0.336 e. The van der Waals surface area contributed by atoms with Gasteiger partial charge in [-0.05, 0) is 49.7 Å². The minimum atomic E-state index is -1.16. The first-order chi connectivity index (χ1) is 11.9. The first-order valence-electron chi connectivity index (χ1n) is 7.97. The fourth-order valence-electron chi connectivity index (χ4n) is 2.18. The standard InChI is InChI=1S/C19H20N2O4/c1-3-12(2)20-17(22)13-8-10-14(11-9-13)21-18(23)15-6-4-5-7-16(15)19(24)25/h4-12H,3H2,1-2H3,(H,20,22)(H,21,23)(H,24,25)/t12-/m0/s1. The molecule has 0 heterocycles. The van der Waals surface area contributed by atoms with Crippen molar-refractivity contribution < 1.29 is 19.5 Å². The lowest BCUT2D eigenvalue weighted by molar-refractivity contribution is 0.0692. The summed E-state index contributed by atoms with van der Waals surface area (Å²) in [5, 5.41) is 14.6. The number of amides is 2. The van der Waals surface area contributed by atoms with Gasteiger partial charge in [-0.1, -0.05) is 19.1 Å². The molecule has 0 aliphatic carbocycles. The van der Waals surface area contributed by atoms with E-state index in [-0.39, 0.29) is 23.1 Å². The average molecular weight is 340 g/mol. The Balaban J connectivity index is 2.10. The number of hydrogen-bond acceptors (Lipinski definition) is 3. The Morgan fingerprint density at radius 2 is 1.56 bits per heavy atom. The number of carboxylic acids is 1. The summed E-state index contributed by atoms with van der Waals surface area (Å²) >= 11 is 0. The predicted octanol–water partition coefficient (Wildman–Crippen LogP) is 3.17. The van der Waals surface area contributed by atoms with Gasteiger partial charge in [0.15, 0.2) is 0 Å². The number of carbonyl (C=O) groups excluding carboxylic acids is 2. The van der Waals surface area contributed by atoms with Gasteiger partial charge < -0.3 is 15.7 Å². The van der Waals surface area contributed by atoms with Crippen molar-refractivity contribution in [2.24, 2.45) is 0 Å². The number of carbonyl (C=O) groups is 3. The highest BCUT2D eigenvalue weighted by Gasteiger charge is 2.16. The summed E-state index contributed by atoms with van der Waals surface area (Å²) in [7, 11) is 0. The number of benzene rings is 2. The van der Waals surface area contributed by atoms with Crippen molar-refractivity contribution in [1.29, 1.82) is 0 Å². The van der Waals surface area contributed by atoms with Crippen LogP contribution < -0.4 is 10.6 Å². The van der Waals surface area contributed by atoms with Gasteiger partial charge in [0, 0.05) is 17.3 Å². The molecule has 0 aromatic heterocycles. The Bertz CT molecular complexity index is 784. The molecule has 0 saturated carbocycles. The summed E-state index contributed by atoms with van der Waals surface area (Å²) in [6.45, 7) is 3.91. The van der Waals surface area contributed by atoms with Crippen LogP contribution in [0.3, 0.4) is 0 Å². The second kappa shape index (κ2) is 8.10. The maximum atomic E-state index is 12.3. The van der Waals surface area contributed by atoms with E-state index >= 15 is 0 Å². The summed E-state index contributed by atoms with van der Waals surface area (Å²) < 4.78 is 0. The SMILES string of the molecule is CC[C@H](C)NC(=O)c1ccc(NC(=O)c2ccccc2C(=O)O)cc1. The molecule has 2 aromatic rings. The average Bonchev–Trinajstić information content (AvgIpc) is 2.62. The van der Waals surface area contributed by atoms with E-state index in [0.717, 1.165) is 6.42 Å². The van der Waals surface area contributed by atoms with Gasteiger partial charge in [0.25, 0.3) is 11.8 Å². The van der Waals surface area contributed by atoms with Crippen LogP contribution in [0.4, 0.5) is 5.69 Å². The second-order valence-corrected chi connectivity index (χ2v) is 5.66. The lowest BCUT2D eigenvalue weighted by Crippen LogP contribution is -2.31. The number of aromatic carboxylic acids is 1. The fraction of sp³-hybridized carbons (Fsp3) is 0.211. The highest BCUT2D eigenvalue weighted by atomic mass is 16.4. The molecule has 2 aromatic carbocycles. The molecule has 2 rings (SSSR count). The van der Waals surface area contributed by atoms with Gasteiger partial charge in [-0.25, -0.2) is 4.79 Å². The van der Waals surface area contributed by atoms with E-state index in [0.29, 0.717) is 11.3 Å². The van der Waals surface area contributed by atoms with Crippen molar-refractivity contribution in [1.82, 2.24) is 5.32 Å². The largest absolute Gasteiger partial charge is 0.478 e. The van der Waals surface area contributed by atoms with Crippen LogP contribution in [0.15, 0.2) is 48.5 Å². The highest BCUT2D eigenvalue weighted by molar-refractivity contribution is 6.10. The van der Waals surface area contributed by atoms with Crippen molar-refractivity contribution in [3.63, 3.8) is 0 Å². The Kier molecular flexibility index (Phi) is 5.89. The molecule has 0 radical (unpaired) electrons. The second-order valence-electron chi connectivity index (χ2n) is 5.66. The van der Waals surface area contributed by atoms with Crippen LogP contribution in [0.1, 0.15) is 51.3 Å². The number of rotatable bonds is 6. The molecular weight excluding hydrogens is 320 g/mol. The van der Waals surface area contributed by atoms with Crippen LogP contribution in [0.5, 0.6) is 0 Å². The zero-order chi connectivity index (χ0) is 18.4. The summed E-state index contributed by atoms with van der Waals surface area (Å²) in [6.07, 6.45) is 0.836. The number of anilines is 1. The van der Waals surface area contributed by atoms with Crippen LogP contribution >= 0.6 is 0 Å². The molecule has 2 amide bonds. The minimum Gasteiger partial charge on any atom is -0.478 e. The first-order valence-corrected chi connectivity index (χ1v) is 7.97. The van der Waals surface area contributed by atoms with Crippen molar-refractivity contribution in [3.8, 4) is 0 Å². The molecule has 130 valence electrons. The molecule has 25 heavy (non-hydrogen) atoms. The third-order valence-electron chi connectivity index (χ3n) is 3.80. The molecule has 0 aliphatic rings. The first kappa shape index (κ1) is 18.2. The zero-order valence-corrected chi connectivity index (χ0v) is 14.1. The molecule has 3 N–H and O–H groups in total. The highest BCUT2D eigenvalue weighted by Crippen LogP contribution is 2.14. The fourth-order valence-corrected chi connectivity index (χ4v) is 2.18. The van der Waals surface area contributed by atoms with Crippen LogP contribution in [0, 0.1) is 0 Å². The van der Waals surface area contributed by atoms with Crippen molar-refractivity contribution in [3.05, 3.63) is 65.2 Å². The van der Waals surface area contributed by atoms with Gasteiger partial charge in [0.2, 0.25) is 0 Å². The van der Waals surface area contributed by atoms with E-state index < -0.39 is 11.9 Å². The molecule has 1 atom stereocenters. The third-order valence-corrected chi connectivity index (χ3v) is 3.80. The van der Waals surface area contributed by atoms with E-state index in [1.54, 1.807) is 36.4 Å². The van der Waals surface area contributed by atoms with Gasteiger partial charge >= 0.3 is 5.97 Å². The van der Waals surface area contributed by atoms with Crippen molar-refractivity contribution >= 4 is 23.5 Å². The lowest BCUT2D eigenvalue weighted by Gasteiger charge is -2.12. The number of carboxylic acid groups (broad SMARTS) is 1. The summed E-state index contributed by atoms with van der Waals surface area (Å²) in [6, 6.07) is 12.5. The Hall–Kier alpha value is -3.15. The molecule has 6 nitrogen and oxygen atoms in total. The topological polar surface area (TPSA) is 95.5 Å². The lowest BCUT2D eigenvalue weighted by atomic mass is 10.1. The van der Waals surface area contributed by atoms with Gasteiger partial charge in [0.05, 0.1) is 11.1 Å². The van der Waals surface area contributed by atoms with E-state index in [9.17, 15) is 14.4 Å². The quantitative estimate of drug-likeness (QED) is 0.752. The predicted molar refractivity (Wildman–Crippen MR) is 95.0 cm³/mol. The van der Waals surface area contributed by atoms with Crippen LogP contribution in [-0.4, -0.2) is 28.9 Å². The third kappa shape index (κ3) is 4.67. The zero-order valence-electron chi connectivity index (χ0n) is 14.1. The summed E-state index contributed by atoms with van der Waals surface area (Å²) in [5.74, 6) is -1.86.